The van der Waals surface area contributed by atoms with Crippen LogP contribution in [-0.4, -0.2) is 16.0 Å². The second-order valence-corrected chi connectivity index (χ2v) is 3.25. The maximum Gasteiger partial charge on any atom is 0.200 e. The first-order valence-electron chi connectivity index (χ1n) is 4.50. The van der Waals surface area contributed by atoms with Gasteiger partial charge in [0.25, 0.3) is 0 Å². The Kier molecular flexibility index (Phi) is 3.14. The molecule has 0 saturated carbocycles. The van der Waals surface area contributed by atoms with Crippen molar-refractivity contribution >= 4 is 5.95 Å². The zero-order chi connectivity index (χ0) is 8.97. The maximum absolute atomic E-state index is 4.17. The number of anilines is 1. The second-order valence-electron chi connectivity index (χ2n) is 3.25. The number of rotatable bonds is 4. The van der Waals surface area contributed by atoms with Crippen molar-refractivity contribution in [2.75, 3.05) is 5.32 Å². The van der Waals surface area contributed by atoms with Gasteiger partial charge < -0.3 is 10.3 Å². The molecule has 1 aromatic heterocycles. The van der Waals surface area contributed by atoms with E-state index in [9.17, 15) is 0 Å². The molecule has 0 radical (unpaired) electrons. The first kappa shape index (κ1) is 9.10. The lowest BCUT2D eigenvalue weighted by Gasteiger charge is -2.10. The third kappa shape index (κ3) is 2.57. The summed E-state index contributed by atoms with van der Waals surface area (Å²) in [6, 6.07) is 0.501. The fourth-order valence-corrected chi connectivity index (χ4v) is 1.22. The molecule has 1 unspecified atom stereocenters. The van der Waals surface area contributed by atoms with E-state index in [2.05, 4.69) is 29.1 Å². The summed E-state index contributed by atoms with van der Waals surface area (Å²) in [5.41, 5.74) is 1.10. The van der Waals surface area contributed by atoms with E-state index in [1.165, 1.54) is 12.8 Å². The zero-order valence-electron chi connectivity index (χ0n) is 8.02. The van der Waals surface area contributed by atoms with Crippen molar-refractivity contribution in [1.82, 2.24) is 9.97 Å². The summed E-state index contributed by atoms with van der Waals surface area (Å²) in [4.78, 5) is 7.31. The molecule has 12 heavy (non-hydrogen) atoms. The minimum Gasteiger partial charge on any atom is -0.353 e. The van der Waals surface area contributed by atoms with E-state index < -0.39 is 0 Å². The van der Waals surface area contributed by atoms with E-state index in [0.717, 1.165) is 11.6 Å². The molecule has 0 aliphatic carbocycles. The minimum atomic E-state index is 0.501. The number of aromatic amines is 1. The Balaban J connectivity index is 2.41. The summed E-state index contributed by atoms with van der Waals surface area (Å²) in [7, 11) is 0. The van der Waals surface area contributed by atoms with Gasteiger partial charge in [0, 0.05) is 17.9 Å². The Labute approximate surface area is 73.6 Å². The lowest BCUT2D eigenvalue weighted by molar-refractivity contribution is 0.685. The van der Waals surface area contributed by atoms with Crippen LogP contribution in [0.1, 0.15) is 32.4 Å². The molecule has 0 fully saturated rings. The van der Waals surface area contributed by atoms with Crippen LogP contribution >= 0.6 is 0 Å². The number of H-pyrrole nitrogens is 1. The molecule has 1 heterocycles. The van der Waals surface area contributed by atoms with Crippen LogP contribution in [0, 0.1) is 6.92 Å². The van der Waals surface area contributed by atoms with E-state index >= 15 is 0 Å². The molecular weight excluding hydrogens is 150 g/mol. The Morgan fingerprint density at radius 2 is 2.42 bits per heavy atom. The van der Waals surface area contributed by atoms with Gasteiger partial charge in [-0.3, -0.25) is 0 Å². The van der Waals surface area contributed by atoms with Crippen molar-refractivity contribution < 1.29 is 0 Å². The van der Waals surface area contributed by atoms with E-state index in [1.807, 2.05) is 13.1 Å². The van der Waals surface area contributed by atoms with Gasteiger partial charge in [0.15, 0.2) is 5.95 Å². The van der Waals surface area contributed by atoms with Gasteiger partial charge in [-0.15, -0.1) is 0 Å². The van der Waals surface area contributed by atoms with Gasteiger partial charge in [-0.05, 0) is 20.3 Å². The largest absolute Gasteiger partial charge is 0.353 e. The number of nitrogens with zero attached hydrogens (tertiary/aromatic N) is 1. The van der Waals surface area contributed by atoms with Crippen LogP contribution in [0.2, 0.25) is 0 Å². The average Bonchev–Trinajstić information content (AvgIpc) is 2.36. The molecule has 0 amide bonds. The smallest absolute Gasteiger partial charge is 0.200 e. The summed E-state index contributed by atoms with van der Waals surface area (Å²) >= 11 is 0. The summed E-state index contributed by atoms with van der Waals surface area (Å²) in [6.45, 7) is 6.36. The van der Waals surface area contributed by atoms with Crippen LogP contribution in [0.3, 0.4) is 0 Å². The number of imidazole rings is 1. The highest BCUT2D eigenvalue weighted by molar-refractivity contribution is 5.26. The standard InChI is InChI=1S/C9H17N3/c1-4-5-7(2)11-9-10-6-8(3)12-9/h6-7H,4-5H2,1-3H3,(H2,10,11,12). The van der Waals surface area contributed by atoms with E-state index in [4.69, 9.17) is 0 Å². The summed E-state index contributed by atoms with van der Waals surface area (Å²) < 4.78 is 0. The van der Waals surface area contributed by atoms with Crippen molar-refractivity contribution in [3.8, 4) is 0 Å². The number of aryl methyl sites for hydroxylation is 1. The molecule has 1 atom stereocenters. The number of nitrogens with one attached hydrogen (secondary N) is 2. The first-order valence-corrected chi connectivity index (χ1v) is 4.50. The topological polar surface area (TPSA) is 40.7 Å². The third-order valence-electron chi connectivity index (χ3n) is 1.81. The van der Waals surface area contributed by atoms with Crippen LogP contribution in [0.4, 0.5) is 5.95 Å². The predicted octanol–water partition coefficient (Wildman–Crippen LogP) is 2.32. The quantitative estimate of drug-likeness (QED) is 0.722. The molecule has 68 valence electrons. The number of hydrogen-bond acceptors (Lipinski definition) is 2. The molecule has 3 heteroatoms. The molecule has 0 aliphatic heterocycles. The molecule has 2 N–H and O–H groups in total. The maximum atomic E-state index is 4.17. The van der Waals surface area contributed by atoms with Crippen molar-refractivity contribution in [1.29, 1.82) is 0 Å². The minimum absolute atomic E-state index is 0.501. The fourth-order valence-electron chi connectivity index (χ4n) is 1.22. The van der Waals surface area contributed by atoms with Gasteiger partial charge in [0.2, 0.25) is 0 Å². The summed E-state index contributed by atoms with van der Waals surface area (Å²) in [6.07, 6.45) is 4.22. The van der Waals surface area contributed by atoms with Crippen LogP contribution in [0.15, 0.2) is 6.20 Å². The molecule has 1 aromatic rings. The first-order chi connectivity index (χ1) is 5.72. The third-order valence-corrected chi connectivity index (χ3v) is 1.81. The molecule has 0 bridgehead atoms. The normalized spacial score (nSPS) is 12.9. The number of hydrogen-bond donors (Lipinski definition) is 2. The SMILES string of the molecule is CCCC(C)Nc1ncc(C)[nH]1. The summed E-state index contributed by atoms with van der Waals surface area (Å²) in [5, 5.41) is 3.30. The van der Waals surface area contributed by atoms with Crippen molar-refractivity contribution in [3.05, 3.63) is 11.9 Å². The average molecular weight is 167 g/mol. The van der Waals surface area contributed by atoms with Crippen LogP contribution in [0.25, 0.3) is 0 Å². The van der Waals surface area contributed by atoms with Gasteiger partial charge in [-0.25, -0.2) is 4.98 Å². The van der Waals surface area contributed by atoms with E-state index in [0.29, 0.717) is 6.04 Å². The highest BCUT2D eigenvalue weighted by atomic mass is 15.1. The van der Waals surface area contributed by atoms with E-state index in [1.54, 1.807) is 0 Å². The van der Waals surface area contributed by atoms with Crippen LogP contribution in [-0.2, 0) is 0 Å². The van der Waals surface area contributed by atoms with Gasteiger partial charge in [0.05, 0.1) is 0 Å². The van der Waals surface area contributed by atoms with Gasteiger partial charge in [0.1, 0.15) is 0 Å². The predicted molar refractivity (Wildman–Crippen MR) is 51.3 cm³/mol. The highest BCUT2D eigenvalue weighted by Gasteiger charge is 2.01. The van der Waals surface area contributed by atoms with Crippen molar-refractivity contribution in [2.24, 2.45) is 0 Å². The molecule has 0 saturated heterocycles. The lowest BCUT2D eigenvalue weighted by Crippen LogP contribution is -2.15. The second kappa shape index (κ2) is 4.14. The molecule has 0 aromatic carbocycles. The van der Waals surface area contributed by atoms with Gasteiger partial charge >= 0.3 is 0 Å². The Bertz CT molecular complexity index is 229. The Morgan fingerprint density at radius 1 is 1.67 bits per heavy atom. The Morgan fingerprint density at radius 3 is 2.92 bits per heavy atom. The lowest BCUT2D eigenvalue weighted by atomic mass is 10.2. The Hall–Kier alpha value is -0.990. The summed E-state index contributed by atoms with van der Waals surface area (Å²) in [5.74, 6) is 0.883. The monoisotopic (exact) mass is 167 g/mol. The van der Waals surface area contributed by atoms with Crippen LogP contribution < -0.4 is 5.32 Å². The van der Waals surface area contributed by atoms with E-state index in [-0.39, 0.29) is 0 Å². The van der Waals surface area contributed by atoms with Crippen LogP contribution in [0.5, 0.6) is 0 Å². The molecule has 0 aliphatic rings. The number of aromatic nitrogens is 2. The highest BCUT2D eigenvalue weighted by Crippen LogP contribution is 2.05. The molecule has 0 spiro atoms. The molecule has 1 rings (SSSR count). The van der Waals surface area contributed by atoms with Gasteiger partial charge in [-0.2, -0.15) is 0 Å². The molecule has 3 nitrogen and oxygen atoms in total. The molecular formula is C9H17N3. The van der Waals surface area contributed by atoms with Crippen molar-refractivity contribution in [3.63, 3.8) is 0 Å². The fraction of sp³-hybridized carbons (Fsp3) is 0.667. The van der Waals surface area contributed by atoms with Crippen molar-refractivity contribution in [2.45, 2.75) is 39.7 Å². The van der Waals surface area contributed by atoms with Gasteiger partial charge in [-0.1, -0.05) is 13.3 Å². The zero-order valence-corrected chi connectivity index (χ0v) is 8.02.